The van der Waals surface area contributed by atoms with Crippen molar-refractivity contribution in [1.29, 1.82) is 0 Å². The first-order chi connectivity index (χ1) is 16.7. The smallest absolute Gasteiger partial charge is 0.306 e. The van der Waals surface area contributed by atoms with Crippen molar-refractivity contribution in [3.05, 3.63) is 73.8 Å². The summed E-state index contributed by atoms with van der Waals surface area (Å²) in [6.07, 6.45) is 1.17. The highest BCUT2D eigenvalue weighted by atomic mass is 35.5. The maximum absolute atomic E-state index is 13.0. The van der Waals surface area contributed by atoms with Crippen LogP contribution in [-0.2, 0) is 19.2 Å². The summed E-state index contributed by atoms with van der Waals surface area (Å²) in [7, 11) is -2.77. The van der Waals surface area contributed by atoms with Gasteiger partial charge in [-0.3, -0.25) is 4.79 Å². The second kappa shape index (κ2) is 10.2. The number of urea groups is 1. The van der Waals surface area contributed by atoms with Crippen molar-refractivity contribution in [3.63, 3.8) is 0 Å². The molecule has 35 heavy (non-hydrogen) atoms. The summed E-state index contributed by atoms with van der Waals surface area (Å²) >= 11 is 7.42. The minimum Gasteiger partial charge on any atom is -0.306 e. The molecule has 0 radical (unpaired) electrons. The van der Waals surface area contributed by atoms with Gasteiger partial charge in [0.05, 0.1) is 46.3 Å². The number of H-pyrrole nitrogens is 1. The van der Waals surface area contributed by atoms with Crippen LogP contribution in [0.2, 0.25) is 4.34 Å². The summed E-state index contributed by atoms with van der Waals surface area (Å²) in [6, 6.07) is 9.02. The molecule has 2 amide bonds. The molecule has 0 atom stereocenters. The van der Waals surface area contributed by atoms with E-state index in [1.54, 1.807) is 12.1 Å². The van der Waals surface area contributed by atoms with Gasteiger partial charge in [-0.2, -0.15) is 4.33 Å². The molecule has 3 N–H and O–H groups in total. The van der Waals surface area contributed by atoms with Crippen LogP contribution in [-0.4, -0.2) is 36.1 Å². The summed E-state index contributed by atoms with van der Waals surface area (Å²) < 4.78 is 32.0. The lowest BCUT2D eigenvalue weighted by Gasteiger charge is -2.09. The van der Waals surface area contributed by atoms with Gasteiger partial charge >= 0.3 is 11.7 Å². The zero-order valence-electron chi connectivity index (χ0n) is 17.5. The molecule has 0 aliphatic heterocycles. The van der Waals surface area contributed by atoms with Gasteiger partial charge in [0, 0.05) is 4.90 Å². The molecule has 0 unspecified atom stereocenters. The third-order valence-corrected chi connectivity index (χ3v) is 8.05. The van der Waals surface area contributed by atoms with Crippen molar-refractivity contribution in [2.75, 3.05) is 12.4 Å². The number of fused-ring (bicyclic) bond motifs is 1. The molecule has 182 valence electrons. The highest BCUT2D eigenvalue weighted by Gasteiger charge is 2.20. The number of sulfonamides is 1. The van der Waals surface area contributed by atoms with Gasteiger partial charge in [0.1, 0.15) is 10.0 Å². The average molecular weight is 556 g/mol. The van der Waals surface area contributed by atoms with Crippen LogP contribution < -0.4 is 21.3 Å². The molecule has 0 saturated carbocycles. The Morgan fingerprint density at radius 3 is 2.66 bits per heavy atom. The highest BCUT2D eigenvalue weighted by molar-refractivity contribution is 7.94. The normalized spacial score (nSPS) is 11.5. The molecule has 0 bridgehead atoms. The van der Waals surface area contributed by atoms with Crippen molar-refractivity contribution in [2.24, 2.45) is 0 Å². The lowest BCUT2D eigenvalue weighted by atomic mass is 10.2. The Balaban J connectivity index is 1.56. The number of hydrogen-bond acceptors (Lipinski definition) is 10. The van der Waals surface area contributed by atoms with Gasteiger partial charge in [0.25, 0.3) is 15.6 Å². The Bertz CT molecular complexity index is 1630. The number of halogens is 1. The predicted octanol–water partition coefficient (Wildman–Crippen LogP) is 2.88. The molecule has 0 aliphatic rings. The Hall–Kier alpha value is -3.21. The zero-order chi connectivity index (χ0) is 25.2. The summed E-state index contributed by atoms with van der Waals surface area (Å²) in [5, 5.41) is 2.52. The second-order valence-electron chi connectivity index (χ2n) is 6.62. The number of rotatable bonds is 7. The minimum absolute atomic E-state index is 0.0174. The number of carbonyl (C=O) groups is 1. The predicted molar refractivity (Wildman–Crippen MR) is 131 cm³/mol. The van der Waals surface area contributed by atoms with E-state index in [-0.39, 0.29) is 25.4 Å². The number of aromatic nitrogens is 3. The van der Waals surface area contributed by atoms with Crippen molar-refractivity contribution in [3.8, 4) is 5.82 Å². The number of hydrogen-bond donors (Lipinski definition) is 3. The van der Waals surface area contributed by atoms with E-state index >= 15 is 0 Å². The van der Waals surface area contributed by atoms with Crippen LogP contribution in [0.3, 0.4) is 0 Å². The van der Waals surface area contributed by atoms with Crippen molar-refractivity contribution < 1.29 is 22.4 Å². The third-order valence-electron chi connectivity index (χ3n) is 4.34. The molecular formula is C19H14ClN5O7S3. The first kappa shape index (κ1) is 24.9. The van der Waals surface area contributed by atoms with Gasteiger partial charge < -0.3 is 10.3 Å². The molecule has 4 aromatic rings. The van der Waals surface area contributed by atoms with Gasteiger partial charge in [-0.25, -0.2) is 37.2 Å². The lowest BCUT2D eigenvalue weighted by molar-refractivity contribution is -0.160. The first-order valence-electron chi connectivity index (χ1n) is 9.40. The van der Waals surface area contributed by atoms with E-state index in [0.717, 1.165) is 27.9 Å². The van der Waals surface area contributed by atoms with Gasteiger partial charge in [0.2, 0.25) is 0 Å². The number of pyridine rings is 1. The quantitative estimate of drug-likeness (QED) is 0.177. The van der Waals surface area contributed by atoms with Crippen LogP contribution in [0.1, 0.15) is 0 Å². The Labute approximate surface area is 210 Å². The van der Waals surface area contributed by atoms with E-state index in [1.165, 1.54) is 43.6 Å². The van der Waals surface area contributed by atoms with E-state index in [9.17, 15) is 22.8 Å². The molecule has 1 aromatic carbocycles. The summed E-state index contributed by atoms with van der Waals surface area (Å²) in [5.74, 6) is -0.0174. The summed E-state index contributed by atoms with van der Waals surface area (Å²) in [5.41, 5.74) is -0.912. The zero-order valence-corrected chi connectivity index (χ0v) is 20.7. The fraction of sp³-hybridized carbons (Fsp3) is 0.0526. The largest absolute Gasteiger partial charge is 0.334 e. The fourth-order valence-electron chi connectivity index (χ4n) is 2.89. The monoisotopic (exact) mass is 555 g/mol. The molecule has 0 fully saturated rings. The second-order valence-corrected chi connectivity index (χ2v) is 11.0. The van der Waals surface area contributed by atoms with Crippen molar-refractivity contribution in [1.82, 2.24) is 19.3 Å². The van der Waals surface area contributed by atoms with Crippen molar-refractivity contribution >= 4 is 67.6 Å². The summed E-state index contributed by atoms with van der Waals surface area (Å²) in [4.78, 5) is 49.4. The topological polar surface area (TPSA) is 161 Å². The van der Waals surface area contributed by atoms with Crippen LogP contribution in [0.5, 0.6) is 0 Å². The van der Waals surface area contributed by atoms with Crippen molar-refractivity contribution in [2.45, 2.75) is 9.10 Å². The van der Waals surface area contributed by atoms with Gasteiger partial charge in [-0.1, -0.05) is 11.6 Å². The van der Waals surface area contributed by atoms with Crippen LogP contribution in [0.15, 0.2) is 67.4 Å². The molecular weight excluding hydrogens is 542 g/mol. The number of nitrogens with zero attached hydrogens (tertiary/aromatic N) is 2. The average Bonchev–Trinajstić information content (AvgIpc) is 3.26. The van der Waals surface area contributed by atoms with E-state index in [2.05, 4.69) is 20.2 Å². The molecule has 4 rings (SSSR count). The Kier molecular flexibility index (Phi) is 7.25. The van der Waals surface area contributed by atoms with Crippen LogP contribution in [0.4, 0.5) is 10.5 Å². The maximum atomic E-state index is 13.0. The number of thiophene rings is 1. The van der Waals surface area contributed by atoms with Gasteiger partial charge in [-0.15, -0.1) is 11.3 Å². The summed E-state index contributed by atoms with van der Waals surface area (Å²) in [6.45, 7) is 0. The number of amides is 2. The number of nitrogens with one attached hydrogen (secondary N) is 3. The molecule has 16 heteroatoms. The maximum Gasteiger partial charge on any atom is 0.334 e. The number of aromatic amines is 1. The molecule has 0 spiro atoms. The third kappa shape index (κ3) is 5.55. The number of benzene rings is 1. The molecule has 3 heterocycles. The van der Waals surface area contributed by atoms with E-state index < -0.39 is 27.3 Å². The highest BCUT2D eigenvalue weighted by Crippen LogP contribution is 2.25. The van der Waals surface area contributed by atoms with Gasteiger partial charge in [0.15, 0.2) is 0 Å². The van der Waals surface area contributed by atoms with E-state index in [1.807, 2.05) is 4.72 Å². The number of carbonyl (C=O) groups excluding carboxylic acids is 1. The molecule has 12 nitrogen and oxygen atoms in total. The molecule has 3 aromatic heterocycles. The Morgan fingerprint density at radius 2 is 2.00 bits per heavy atom. The molecule has 0 saturated heterocycles. The standard InChI is InChI=1S/C19H14ClN5O7S3/c1-31-32-34-11-3-4-13-12(8-11)17(26)25(19(28)23-13)15-6-2-10(9-21-15)22-18(27)24-35(29,30)16-7-5-14(20)33-16/h2-9H,1H3,(H,23,28)(H2,22,24,27). The van der Waals surface area contributed by atoms with E-state index in [4.69, 9.17) is 15.9 Å². The van der Waals surface area contributed by atoms with E-state index in [0.29, 0.717) is 10.4 Å². The fourth-order valence-corrected chi connectivity index (χ4v) is 5.72. The van der Waals surface area contributed by atoms with Crippen LogP contribution in [0.25, 0.3) is 16.7 Å². The molecule has 0 aliphatic carbocycles. The van der Waals surface area contributed by atoms with Gasteiger partial charge in [-0.05, 0) is 42.5 Å². The van der Waals surface area contributed by atoms with Crippen LogP contribution in [0, 0.1) is 0 Å². The lowest BCUT2D eigenvalue weighted by Crippen LogP contribution is -2.35. The number of anilines is 1. The minimum atomic E-state index is -4.11. The SMILES string of the molecule is COOSc1ccc2[nH]c(=O)n(-c3ccc(NC(=O)NS(=O)(=O)c4ccc(Cl)s4)cn3)c(=O)c2c1. The first-order valence-corrected chi connectivity index (χ1v) is 12.8. The van der Waals surface area contributed by atoms with Crippen LogP contribution >= 0.6 is 35.0 Å². The Morgan fingerprint density at radius 1 is 1.20 bits per heavy atom.